The number of piperidine rings is 1. The average Bonchev–Trinajstić information content (AvgIpc) is 3.04. The lowest BCUT2D eigenvalue weighted by atomic mass is 10.0. The summed E-state index contributed by atoms with van der Waals surface area (Å²) in [6.45, 7) is 4.79. The molecule has 3 aromatic rings. The SMILES string of the molecule is Cc1sc2ccn(C)c(=O)c2c1C(=O)NC1CCN(Cc2ccccc2)CC1. The van der Waals surface area contributed by atoms with Crippen molar-refractivity contribution in [1.82, 2.24) is 14.8 Å². The molecule has 0 spiro atoms. The number of nitrogens with zero attached hydrogens (tertiary/aromatic N) is 2. The number of carbonyl (C=O) groups excluding carboxylic acids is 1. The standard InChI is InChI=1S/C22H25N3O2S/c1-15-19(20-18(28-15)10-11-24(2)22(20)27)21(26)23-17-8-12-25(13-9-17)14-16-6-4-3-5-7-16/h3-7,10-11,17H,8-9,12-14H2,1-2H3,(H,23,26). The molecule has 6 heteroatoms. The van der Waals surface area contributed by atoms with Crippen LogP contribution in [0.15, 0.2) is 47.4 Å². The predicted octanol–water partition coefficient (Wildman–Crippen LogP) is 3.30. The number of hydrogen-bond acceptors (Lipinski definition) is 4. The number of pyridine rings is 1. The van der Waals surface area contributed by atoms with E-state index >= 15 is 0 Å². The van der Waals surface area contributed by atoms with Crippen molar-refractivity contribution in [1.29, 1.82) is 0 Å². The molecule has 28 heavy (non-hydrogen) atoms. The van der Waals surface area contributed by atoms with Crippen LogP contribution in [0.1, 0.15) is 33.6 Å². The Morgan fingerprint density at radius 3 is 2.61 bits per heavy atom. The van der Waals surface area contributed by atoms with E-state index in [9.17, 15) is 9.59 Å². The molecule has 1 aliphatic rings. The Morgan fingerprint density at radius 2 is 1.89 bits per heavy atom. The van der Waals surface area contributed by atoms with Crippen LogP contribution >= 0.6 is 11.3 Å². The van der Waals surface area contributed by atoms with Gasteiger partial charge in [0.25, 0.3) is 11.5 Å². The summed E-state index contributed by atoms with van der Waals surface area (Å²) < 4.78 is 2.41. The van der Waals surface area contributed by atoms with Gasteiger partial charge in [-0.25, -0.2) is 0 Å². The largest absolute Gasteiger partial charge is 0.349 e. The van der Waals surface area contributed by atoms with Crippen LogP contribution < -0.4 is 10.9 Å². The van der Waals surface area contributed by atoms with E-state index in [1.165, 1.54) is 21.5 Å². The number of aryl methyl sites for hydroxylation is 2. The van der Waals surface area contributed by atoms with Gasteiger partial charge < -0.3 is 9.88 Å². The lowest BCUT2D eigenvalue weighted by Crippen LogP contribution is -2.44. The maximum Gasteiger partial charge on any atom is 0.259 e. The van der Waals surface area contributed by atoms with Crippen molar-refractivity contribution in [2.45, 2.75) is 32.4 Å². The number of likely N-dealkylation sites (tertiary alicyclic amines) is 1. The number of nitrogens with one attached hydrogen (secondary N) is 1. The number of aromatic nitrogens is 1. The third-order valence-corrected chi connectivity index (χ3v) is 6.56. The van der Waals surface area contributed by atoms with Crippen LogP contribution in [-0.2, 0) is 13.6 Å². The van der Waals surface area contributed by atoms with E-state index in [4.69, 9.17) is 0 Å². The summed E-state index contributed by atoms with van der Waals surface area (Å²) in [5, 5.41) is 3.73. The molecule has 0 unspecified atom stereocenters. The number of rotatable bonds is 4. The maximum atomic E-state index is 13.0. The van der Waals surface area contributed by atoms with Crippen molar-refractivity contribution >= 4 is 27.3 Å². The van der Waals surface area contributed by atoms with Crippen molar-refractivity contribution in [2.75, 3.05) is 13.1 Å². The number of hydrogen-bond donors (Lipinski definition) is 1. The Balaban J connectivity index is 1.43. The second-order valence-electron chi connectivity index (χ2n) is 7.51. The van der Waals surface area contributed by atoms with Crippen LogP contribution in [0.5, 0.6) is 0 Å². The fraction of sp³-hybridized carbons (Fsp3) is 0.364. The van der Waals surface area contributed by atoms with Gasteiger partial charge in [0.2, 0.25) is 0 Å². The van der Waals surface area contributed by atoms with Gasteiger partial charge in [-0.1, -0.05) is 30.3 Å². The second kappa shape index (κ2) is 7.89. The zero-order valence-corrected chi connectivity index (χ0v) is 17.1. The van der Waals surface area contributed by atoms with Crippen molar-refractivity contribution in [3.05, 3.63) is 69.0 Å². The molecule has 4 rings (SSSR count). The van der Waals surface area contributed by atoms with E-state index in [1.807, 2.05) is 19.1 Å². The first-order valence-corrected chi connectivity index (χ1v) is 10.5. The molecule has 0 bridgehead atoms. The third-order valence-electron chi connectivity index (χ3n) is 5.49. The minimum atomic E-state index is -0.117. The quantitative estimate of drug-likeness (QED) is 0.737. The Hall–Kier alpha value is -2.44. The first kappa shape index (κ1) is 18.9. The number of amides is 1. The number of carbonyl (C=O) groups is 1. The normalized spacial score (nSPS) is 15.8. The van der Waals surface area contributed by atoms with Crippen LogP contribution in [0.25, 0.3) is 10.1 Å². The number of fused-ring (bicyclic) bond motifs is 1. The molecule has 5 nitrogen and oxygen atoms in total. The molecule has 146 valence electrons. The van der Waals surface area contributed by atoms with E-state index in [2.05, 4.69) is 34.5 Å². The van der Waals surface area contributed by atoms with Crippen LogP contribution in [0.4, 0.5) is 0 Å². The fourth-order valence-electron chi connectivity index (χ4n) is 3.93. The highest BCUT2D eigenvalue weighted by Gasteiger charge is 2.24. The Kier molecular flexibility index (Phi) is 5.33. The van der Waals surface area contributed by atoms with Gasteiger partial charge in [-0.3, -0.25) is 14.5 Å². The van der Waals surface area contributed by atoms with Crippen molar-refractivity contribution in [3.8, 4) is 0 Å². The van der Waals surface area contributed by atoms with Gasteiger partial charge in [0.1, 0.15) is 0 Å². The average molecular weight is 396 g/mol. The van der Waals surface area contributed by atoms with E-state index in [0.29, 0.717) is 10.9 Å². The zero-order chi connectivity index (χ0) is 19.7. The van der Waals surface area contributed by atoms with Crippen molar-refractivity contribution in [3.63, 3.8) is 0 Å². The predicted molar refractivity (Wildman–Crippen MR) is 114 cm³/mol. The molecule has 0 atom stereocenters. The van der Waals surface area contributed by atoms with Crippen LogP contribution in [-0.4, -0.2) is 34.5 Å². The first-order valence-electron chi connectivity index (χ1n) is 9.69. The Labute approximate surface area is 168 Å². The van der Waals surface area contributed by atoms with Gasteiger partial charge in [-0.05, 0) is 31.4 Å². The Bertz CT molecular complexity index is 1050. The molecular weight excluding hydrogens is 370 g/mol. The van der Waals surface area contributed by atoms with E-state index in [1.54, 1.807) is 13.2 Å². The van der Waals surface area contributed by atoms with E-state index in [0.717, 1.165) is 42.1 Å². The second-order valence-corrected chi connectivity index (χ2v) is 8.77. The molecule has 1 aromatic carbocycles. The summed E-state index contributed by atoms with van der Waals surface area (Å²) >= 11 is 1.51. The van der Waals surface area contributed by atoms with Gasteiger partial charge in [0.15, 0.2) is 0 Å². The first-order chi connectivity index (χ1) is 13.5. The zero-order valence-electron chi connectivity index (χ0n) is 16.3. The highest BCUT2D eigenvalue weighted by molar-refractivity contribution is 7.19. The molecule has 1 fully saturated rings. The van der Waals surface area contributed by atoms with Gasteiger partial charge >= 0.3 is 0 Å². The molecule has 0 aliphatic carbocycles. The van der Waals surface area contributed by atoms with Crippen LogP contribution in [0.2, 0.25) is 0 Å². The highest BCUT2D eigenvalue weighted by Crippen LogP contribution is 2.28. The van der Waals surface area contributed by atoms with E-state index in [-0.39, 0.29) is 17.5 Å². The molecule has 0 saturated carbocycles. The third kappa shape index (κ3) is 3.75. The smallest absolute Gasteiger partial charge is 0.259 e. The highest BCUT2D eigenvalue weighted by atomic mass is 32.1. The molecule has 1 aliphatic heterocycles. The lowest BCUT2D eigenvalue weighted by molar-refractivity contribution is 0.0910. The van der Waals surface area contributed by atoms with Gasteiger partial charge in [0, 0.05) is 48.5 Å². The number of benzene rings is 1. The van der Waals surface area contributed by atoms with E-state index < -0.39 is 0 Å². The molecular formula is C22H25N3O2S. The lowest BCUT2D eigenvalue weighted by Gasteiger charge is -2.32. The Morgan fingerprint density at radius 1 is 1.18 bits per heavy atom. The summed E-state index contributed by atoms with van der Waals surface area (Å²) in [7, 11) is 1.72. The topological polar surface area (TPSA) is 54.3 Å². The monoisotopic (exact) mass is 395 g/mol. The molecule has 1 saturated heterocycles. The van der Waals surface area contributed by atoms with Gasteiger partial charge in [-0.15, -0.1) is 11.3 Å². The van der Waals surface area contributed by atoms with Gasteiger partial charge in [-0.2, -0.15) is 0 Å². The van der Waals surface area contributed by atoms with Crippen molar-refractivity contribution < 1.29 is 4.79 Å². The molecule has 3 heterocycles. The van der Waals surface area contributed by atoms with Crippen molar-refractivity contribution in [2.24, 2.45) is 7.05 Å². The molecule has 1 amide bonds. The fourth-order valence-corrected chi connectivity index (χ4v) is 4.97. The van der Waals surface area contributed by atoms with Crippen LogP contribution in [0.3, 0.4) is 0 Å². The number of thiophene rings is 1. The summed E-state index contributed by atoms with van der Waals surface area (Å²) in [5.74, 6) is -0.117. The van der Waals surface area contributed by atoms with Crippen LogP contribution in [0, 0.1) is 6.92 Å². The minimum absolute atomic E-state index is 0.107. The summed E-state index contributed by atoms with van der Waals surface area (Å²) in [6, 6.07) is 12.5. The minimum Gasteiger partial charge on any atom is -0.349 e. The summed E-state index contributed by atoms with van der Waals surface area (Å²) in [4.78, 5) is 28.9. The molecule has 0 radical (unpaired) electrons. The summed E-state index contributed by atoms with van der Waals surface area (Å²) in [5.41, 5.74) is 1.76. The maximum absolute atomic E-state index is 13.0. The summed E-state index contributed by atoms with van der Waals surface area (Å²) in [6.07, 6.45) is 3.61. The molecule has 1 N–H and O–H groups in total. The van der Waals surface area contributed by atoms with Gasteiger partial charge in [0.05, 0.1) is 10.9 Å². The molecule has 2 aromatic heterocycles.